The fourth-order valence-electron chi connectivity index (χ4n) is 2.16. The van der Waals surface area contributed by atoms with Crippen molar-refractivity contribution in [1.82, 2.24) is 10.2 Å². The van der Waals surface area contributed by atoms with Crippen LogP contribution in [0.3, 0.4) is 0 Å². The molecule has 0 bridgehead atoms. The molecule has 4 nitrogen and oxygen atoms in total. The average Bonchev–Trinajstić information content (AvgIpc) is 2.80. The summed E-state index contributed by atoms with van der Waals surface area (Å²) in [4.78, 5) is 0. The molecule has 1 aromatic heterocycles. The normalized spacial score (nSPS) is 12.0. The minimum atomic E-state index is -0.164. The third-order valence-corrected chi connectivity index (χ3v) is 3.78. The Morgan fingerprint density at radius 1 is 1.33 bits per heavy atom. The van der Waals surface area contributed by atoms with Gasteiger partial charge in [0, 0.05) is 23.0 Å². The Morgan fingerprint density at radius 3 is 2.67 bits per heavy atom. The molecule has 2 aromatic rings. The number of methoxy groups -OCH3 is 1. The van der Waals surface area contributed by atoms with E-state index in [9.17, 15) is 0 Å². The Hall–Kier alpha value is -1.55. The van der Waals surface area contributed by atoms with E-state index >= 15 is 0 Å². The number of fused-ring (bicyclic) bond motifs is 1. The van der Waals surface area contributed by atoms with E-state index in [4.69, 9.17) is 10.5 Å². The molecule has 1 heterocycles. The molecule has 0 aliphatic heterocycles. The lowest BCUT2D eigenvalue weighted by molar-refractivity contribution is 0.390. The summed E-state index contributed by atoms with van der Waals surface area (Å²) >= 11 is 0. The number of aromatic amines is 1. The topological polar surface area (TPSA) is 63.9 Å². The number of H-pyrrole nitrogens is 1. The predicted octanol–water partition coefficient (Wildman–Crippen LogP) is 2.63. The van der Waals surface area contributed by atoms with Gasteiger partial charge < -0.3 is 10.5 Å². The predicted molar refractivity (Wildman–Crippen MR) is 73.9 cm³/mol. The summed E-state index contributed by atoms with van der Waals surface area (Å²) in [5.74, 6) is 0.848. The van der Waals surface area contributed by atoms with E-state index in [0.29, 0.717) is 0 Å². The van der Waals surface area contributed by atoms with Crippen LogP contribution in [0.1, 0.15) is 32.4 Å². The standard InChI is InChI=1S/C14H21N3O/c1-4-14(15,5-2)9-13-11-8-10(18-3)6-7-12(11)16-17-13/h6-8H,4-5,9,15H2,1-3H3,(H,16,17). The van der Waals surface area contributed by atoms with Crippen molar-refractivity contribution in [2.24, 2.45) is 5.73 Å². The number of rotatable bonds is 5. The maximum Gasteiger partial charge on any atom is 0.119 e. The second kappa shape index (κ2) is 4.98. The van der Waals surface area contributed by atoms with Crippen LogP contribution in [0.5, 0.6) is 5.75 Å². The van der Waals surface area contributed by atoms with Crippen molar-refractivity contribution in [2.75, 3.05) is 7.11 Å². The summed E-state index contributed by atoms with van der Waals surface area (Å²) in [5, 5.41) is 8.52. The third-order valence-electron chi connectivity index (χ3n) is 3.78. The molecule has 0 atom stereocenters. The van der Waals surface area contributed by atoms with E-state index in [2.05, 4.69) is 24.0 Å². The molecule has 98 valence electrons. The van der Waals surface area contributed by atoms with E-state index in [1.54, 1.807) is 7.11 Å². The summed E-state index contributed by atoms with van der Waals surface area (Å²) in [6, 6.07) is 5.90. The Kier molecular flexibility index (Phi) is 3.57. The number of nitrogens with zero attached hydrogens (tertiary/aromatic N) is 1. The maximum atomic E-state index is 6.37. The van der Waals surface area contributed by atoms with Gasteiger partial charge in [-0.15, -0.1) is 0 Å². The van der Waals surface area contributed by atoms with Crippen LogP contribution in [0.15, 0.2) is 18.2 Å². The highest BCUT2D eigenvalue weighted by molar-refractivity contribution is 5.82. The van der Waals surface area contributed by atoms with Gasteiger partial charge in [0.15, 0.2) is 0 Å². The monoisotopic (exact) mass is 247 g/mol. The largest absolute Gasteiger partial charge is 0.497 e. The van der Waals surface area contributed by atoms with Gasteiger partial charge in [-0.05, 0) is 31.0 Å². The molecular formula is C14H21N3O. The van der Waals surface area contributed by atoms with Crippen LogP contribution in [0.4, 0.5) is 0 Å². The SMILES string of the molecule is CCC(N)(CC)Cc1[nH]nc2ccc(OC)cc12. The van der Waals surface area contributed by atoms with Gasteiger partial charge in [-0.3, -0.25) is 5.10 Å². The molecule has 2 rings (SSSR count). The Morgan fingerprint density at radius 2 is 2.06 bits per heavy atom. The number of ether oxygens (including phenoxy) is 1. The Labute approximate surface area is 108 Å². The van der Waals surface area contributed by atoms with Gasteiger partial charge in [0.25, 0.3) is 0 Å². The van der Waals surface area contributed by atoms with Crippen LogP contribution >= 0.6 is 0 Å². The molecule has 0 amide bonds. The molecule has 0 aliphatic carbocycles. The Balaban J connectivity index is 2.39. The van der Waals surface area contributed by atoms with E-state index in [1.165, 1.54) is 0 Å². The van der Waals surface area contributed by atoms with Crippen molar-refractivity contribution in [1.29, 1.82) is 0 Å². The lowest BCUT2D eigenvalue weighted by Crippen LogP contribution is -2.40. The molecule has 3 N–H and O–H groups in total. The second-order valence-electron chi connectivity index (χ2n) is 4.83. The molecule has 0 saturated carbocycles. The van der Waals surface area contributed by atoms with Crippen LogP contribution in [0, 0.1) is 0 Å². The van der Waals surface area contributed by atoms with Gasteiger partial charge in [-0.25, -0.2) is 0 Å². The van der Waals surface area contributed by atoms with Gasteiger partial charge in [-0.1, -0.05) is 13.8 Å². The van der Waals surface area contributed by atoms with Crippen molar-refractivity contribution in [2.45, 2.75) is 38.6 Å². The van der Waals surface area contributed by atoms with Gasteiger partial charge >= 0.3 is 0 Å². The van der Waals surface area contributed by atoms with Gasteiger partial charge in [0.2, 0.25) is 0 Å². The number of benzene rings is 1. The third kappa shape index (κ3) is 2.34. The number of hydrogen-bond donors (Lipinski definition) is 2. The summed E-state index contributed by atoms with van der Waals surface area (Å²) in [6.45, 7) is 4.26. The van der Waals surface area contributed by atoms with Crippen molar-refractivity contribution in [3.63, 3.8) is 0 Å². The average molecular weight is 247 g/mol. The first kappa shape index (κ1) is 12.9. The molecule has 0 spiro atoms. The van der Waals surface area contributed by atoms with Crippen molar-refractivity contribution >= 4 is 10.9 Å². The van der Waals surface area contributed by atoms with Crippen molar-refractivity contribution < 1.29 is 4.74 Å². The van der Waals surface area contributed by atoms with Gasteiger partial charge in [0.1, 0.15) is 5.75 Å². The van der Waals surface area contributed by atoms with E-state index < -0.39 is 0 Å². The molecule has 0 radical (unpaired) electrons. The first-order valence-corrected chi connectivity index (χ1v) is 6.41. The lowest BCUT2D eigenvalue weighted by Gasteiger charge is -2.25. The first-order chi connectivity index (χ1) is 8.61. The molecule has 4 heteroatoms. The van der Waals surface area contributed by atoms with Crippen LogP contribution in [-0.2, 0) is 6.42 Å². The van der Waals surface area contributed by atoms with Gasteiger partial charge in [0.05, 0.1) is 12.6 Å². The highest BCUT2D eigenvalue weighted by atomic mass is 16.5. The van der Waals surface area contributed by atoms with Crippen molar-refractivity contribution in [3.05, 3.63) is 23.9 Å². The number of nitrogens with two attached hydrogens (primary N) is 1. The molecule has 18 heavy (non-hydrogen) atoms. The van der Waals surface area contributed by atoms with E-state index in [-0.39, 0.29) is 5.54 Å². The number of hydrogen-bond acceptors (Lipinski definition) is 3. The summed E-state index contributed by atoms with van der Waals surface area (Å²) < 4.78 is 5.26. The fraction of sp³-hybridized carbons (Fsp3) is 0.500. The number of nitrogens with one attached hydrogen (secondary N) is 1. The zero-order chi connectivity index (χ0) is 13.2. The summed E-state index contributed by atoms with van der Waals surface area (Å²) in [6.07, 6.45) is 2.71. The van der Waals surface area contributed by atoms with E-state index in [0.717, 1.165) is 41.6 Å². The van der Waals surface area contributed by atoms with Crippen molar-refractivity contribution in [3.8, 4) is 5.75 Å². The quantitative estimate of drug-likeness (QED) is 0.853. The molecule has 0 saturated heterocycles. The zero-order valence-electron chi connectivity index (χ0n) is 11.3. The van der Waals surface area contributed by atoms with Crippen LogP contribution < -0.4 is 10.5 Å². The summed E-state index contributed by atoms with van der Waals surface area (Å²) in [5.41, 5.74) is 8.26. The molecule has 0 aliphatic rings. The summed E-state index contributed by atoms with van der Waals surface area (Å²) in [7, 11) is 1.67. The Bertz CT molecular complexity index is 529. The fourth-order valence-corrected chi connectivity index (χ4v) is 2.16. The highest BCUT2D eigenvalue weighted by Gasteiger charge is 2.23. The minimum absolute atomic E-state index is 0.164. The molecule has 0 unspecified atom stereocenters. The second-order valence-corrected chi connectivity index (χ2v) is 4.83. The van der Waals surface area contributed by atoms with E-state index in [1.807, 2.05) is 18.2 Å². The smallest absolute Gasteiger partial charge is 0.119 e. The van der Waals surface area contributed by atoms with Crippen LogP contribution in [-0.4, -0.2) is 22.8 Å². The van der Waals surface area contributed by atoms with Gasteiger partial charge in [-0.2, -0.15) is 5.10 Å². The van der Waals surface area contributed by atoms with Crippen LogP contribution in [0.2, 0.25) is 0 Å². The zero-order valence-corrected chi connectivity index (χ0v) is 11.3. The highest BCUT2D eigenvalue weighted by Crippen LogP contribution is 2.26. The maximum absolute atomic E-state index is 6.37. The lowest BCUT2D eigenvalue weighted by atomic mass is 9.88. The molecule has 1 aromatic carbocycles. The first-order valence-electron chi connectivity index (χ1n) is 6.41. The number of aromatic nitrogens is 2. The van der Waals surface area contributed by atoms with Crippen LogP contribution in [0.25, 0.3) is 10.9 Å². The molecule has 0 fully saturated rings. The minimum Gasteiger partial charge on any atom is -0.497 e. The molecular weight excluding hydrogens is 226 g/mol.